The lowest BCUT2D eigenvalue weighted by Crippen LogP contribution is -2.54. The Morgan fingerprint density at radius 3 is 2.58 bits per heavy atom. The molecule has 0 spiro atoms. The van der Waals surface area contributed by atoms with E-state index < -0.39 is 6.17 Å². The number of halogens is 1. The molecule has 2 heterocycles. The Labute approximate surface area is 71.1 Å². The summed E-state index contributed by atoms with van der Waals surface area (Å²) < 4.78 is 12.5. The largest absolute Gasteiger partial charge is 0.344 e. The molecular formula is C8H13FN2O. The number of amides is 1. The lowest BCUT2D eigenvalue weighted by Gasteiger charge is -2.38. The van der Waals surface area contributed by atoms with Gasteiger partial charge >= 0.3 is 0 Å². The minimum absolute atomic E-state index is 0.419. The van der Waals surface area contributed by atoms with Gasteiger partial charge in [0.1, 0.15) is 6.17 Å². The third kappa shape index (κ3) is 1.31. The fourth-order valence-electron chi connectivity index (χ4n) is 1.92. The number of nitrogens with zero attached hydrogens (tertiary/aromatic N) is 2. The molecule has 0 N–H and O–H groups in total. The van der Waals surface area contributed by atoms with Crippen LogP contribution in [0.15, 0.2) is 0 Å². The lowest BCUT2D eigenvalue weighted by atomic mass is 10.1. The molecule has 4 heteroatoms. The van der Waals surface area contributed by atoms with Crippen molar-refractivity contribution in [1.82, 2.24) is 9.80 Å². The second kappa shape index (κ2) is 3.01. The van der Waals surface area contributed by atoms with Gasteiger partial charge in [-0.1, -0.05) is 0 Å². The second-order valence-electron chi connectivity index (χ2n) is 3.59. The van der Waals surface area contributed by atoms with Crippen molar-refractivity contribution in [3.05, 3.63) is 0 Å². The molecule has 2 aliphatic rings. The Morgan fingerprint density at radius 1 is 1.33 bits per heavy atom. The van der Waals surface area contributed by atoms with Crippen LogP contribution in [0.2, 0.25) is 0 Å². The molecule has 0 bridgehead atoms. The van der Waals surface area contributed by atoms with Gasteiger partial charge in [-0.3, -0.25) is 9.69 Å². The lowest BCUT2D eigenvalue weighted by molar-refractivity contribution is -0.117. The van der Waals surface area contributed by atoms with Gasteiger partial charge in [-0.05, 0) is 6.42 Å². The number of hydrogen-bond acceptors (Lipinski definition) is 2. The standard InChI is InChI=1S/C8H13FN2O/c9-7-3-11(4-7)8-1-2-10(5-8)6-12/h6-8H,1-5H2/t8-/m0/s1. The van der Waals surface area contributed by atoms with E-state index in [2.05, 4.69) is 4.90 Å². The van der Waals surface area contributed by atoms with Gasteiger partial charge in [0.15, 0.2) is 0 Å². The van der Waals surface area contributed by atoms with Gasteiger partial charge in [0.05, 0.1) is 0 Å². The number of carbonyl (C=O) groups is 1. The molecule has 2 rings (SSSR count). The first-order chi connectivity index (χ1) is 5.79. The van der Waals surface area contributed by atoms with Gasteiger partial charge in [-0.2, -0.15) is 0 Å². The summed E-state index contributed by atoms with van der Waals surface area (Å²) >= 11 is 0. The third-order valence-electron chi connectivity index (χ3n) is 2.73. The van der Waals surface area contributed by atoms with E-state index in [0.717, 1.165) is 25.9 Å². The minimum atomic E-state index is -0.629. The van der Waals surface area contributed by atoms with E-state index in [-0.39, 0.29) is 0 Å². The highest BCUT2D eigenvalue weighted by Gasteiger charge is 2.35. The molecular weight excluding hydrogens is 159 g/mol. The molecule has 0 aromatic carbocycles. The highest BCUT2D eigenvalue weighted by Crippen LogP contribution is 2.21. The van der Waals surface area contributed by atoms with Gasteiger partial charge in [0.2, 0.25) is 6.41 Å². The molecule has 2 aliphatic heterocycles. The average molecular weight is 172 g/mol. The maximum atomic E-state index is 12.5. The first-order valence-electron chi connectivity index (χ1n) is 4.37. The van der Waals surface area contributed by atoms with Crippen LogP contribution in [0.25, 0.3) is 0 Å². The summed E-state index contributed by atoms with van der Waals surface area (Å²) in [6.45, 7) is 2.76. The van der Waals surface area contributed by atoms with E-state index in [9.17, 15) is 9.18 Å². The van der Waals surface area contributed by atoms with Crippen molar-refractivity contribution in [2.45, 2.75) is 18.6 Å². The molecule has 0 unspecified atom stereocenters. The van der Waals surface area contributed by atoms with Crippen molar-refractivity contribution in [3.63, 3.8) is 0 Å². The summed E-state index contributed by atoms with van der Waals surface area (Å²) in [5, 5.41) is 0. The van der Waals surface area contributed by atoms with E-state index in [4.69, 9.17) is 0 Å². The number of likely N-dealkylation sites (tertiary alicyclic amines) is 2. The molecule has 2 fully saturated rings. The Hall–Kier alpha value is -0.640. The number of hydrogen-bond donors (Lipinski definition) is 0. The maximum absolute atomic E-state index is 12.5. The van der Waals surface area contributed by atoms with Crippen LogP contribution >= 0.6 is 0 Å². The monoisotopic (exact) mass is 172 g/mol. The minimum Gasteiger partial charge on any atom is -0.344 e. The van der Waals surface area contributed by atoms with E-state index >= 15 is 0 Å². The van der Waals surface area contributed by atoms with Crippen molar-refractivity contribution >= 4 is 6.41 Å². The van der Waals surface area contributed by atoms with Gasteiger partial charge in [-0.25, -0.2) is 4.39 Å². The summed E-state index contributed by atoms with van der Waals surface area (Å²) in [6.07, 6.45) is 1.26. The van der Waals surface area contributed by atoms with Crippen molar-refractivity contribution < 1.29 is 9.18 Å². The van der Waals surface area contributed by atoms with E-state index in [0.29, 0.717) is 19.1 Å². The predicted molar refractivity (Wildman–Crippen MR) is 42.5 cm³/mol. The molecule has 1 atom stereocenters. The van der Waals surface area contributed by atoms with Crippen molar-refractivity contribution in [1.29, 1.82) is 0 Å². The fraction of sp³-hybridized carbons (Fsp3) is 0.875. The summed E-state index contributed by atoms with van der Waals surface area (Å²) in [4.78, 5) is 14.3. The molecule has 0 aromatic rings. The van der Waals surface area contributed by atoms with Crippen LogP contribution in [0.5, 0.6) is 0 Å². The van der Waals surface area contributed by atoms with Crippen LogP contribution in [0.3, 0.4) is 0 Å². The Bertz CT molecular complexity index is 182. The summed E-state index contributed by atoms with van der Waals surface area (Å²) in [6, 6.07) is 0.419. The average Bonchev–Trinajstić information content (AvgIpc) is 2.46. The van der Waals surface area contributed by atoms with Gasteiger partial charge in [-0.15, -0.1) is 0 Å². The van der Waals surface area contributed by atoms with Gasteiger partial charge < -0.3 is 4.90 Å². The van der Waals surface area contributed by atoms with Crippen LogP contribution in [0.4, 0.5) is 4.39 Å². The summed E-state index contributed by atoms with van der Waals surface area (Å²) in [5.41, 5.74) is 0. The number of rotatable bonds is 2. The summed E-state index contributed by atoms with van der Waals surface area (Å²) in [5.74, 6) is 0. The molecule has 12 heavy (non-hydrogen) atoms. The smallest absolute Gasteiger partial charge is 0.209 e. The Balaban J connectivity index is 1.80. The SMILES string of the molecule is O=CN1CC[C@H](N2CC(F)C2)C1. The van der Waals surface area contributed by atoms with Crippen molar-refractivity contribution in [2.75, 3.05) is 26.2 Å². The maximum Gasteiger partial charge on any atom is 0.209 e. The summed E-state index contributed by atoms with van der Waals surface area (Å²) in [7, 11) is 0. The molecule has 68 valence electrons. The topological polar surface area (TPSA) is 23.6 Å². The third-order valence-corrected chi connectivity index (χ3v) is 2.73. The quantitative estimate of drug-likeness (QED) is 0.542. The second-order valence-corrected chi connectivity index (χ2v) is 3.59. The Kier molecular flexibility index (Phi) is 2.00. The highest BCUT2D eigenvalue weighted by molar-refractivity contribution is 5.47. The molecule has 2 saturated heterocycles. The van der Waals surface area contributed by atoms with E-state index in [1.54, 1.807) is 4.90 Å². The zero-order chi connectivity index (χ0) is 8.55. The van der Waals surface area contributed by atoms with Crippen LogP contribution in [-0.4, -0.2) is 54.6 Å². The van der Waals surface area contributed by atoms with Crippen LogP contribution in [0, 0.1) is 0 Å². The fourth-order valence-corrected chi connectivity index (χ4v) is 1.92. The number of carbonyl (C=O) groups excluding carboxylic acids is 1. The first-order valence-corrected chi connectivity index (χ1v) is 4.37. The molecule has 3 nitrogen and oxygen atoms in total. The molecule has 0 aliphatic carbocycles. The van der Waals surface area contributed by atoms with E-state index in [1.807, 2.05) is 0 Å². The van der Waals surface area contributed by atoms with Crippen molar-refractivity contribution in [2.24, 2.45) is 0 Å². The Morgan fingerprint density at radius 2 is 2.08 bits per heavy atom. The van der Waals surface area contributed by atoms with E-state index in [1.165, 1.54) is 0 Å². The highest BCUT2D eigenvalue weighted by atomic mass is 19.1. The zero-order valence-corrected chi connectivity index (χ0v) is 6.95. The van der Waals surface area contributed by atoms with Crippen molar-refractivity contribution in [3.8, 4) is 0 Å². The van der Waals surface area contributed by atoms with Crippen LogP contribution in [0.1, 0.15) is 6.42 Å². The molecule has 0 saturated carbocycles. The molecule has 0 radical (unpaired) electrons. The predicted octanol–water partition coefficient (Wildman–Crippen LogP) is -0.129. The molecule has 0 aromatic heterocycles. The van der Waals surface area contributed by atoms with Crippen LogP contribution < -0.4 is 0 Å². The zero-order valence-electron chi connectivity index (χ0n) is 6.95. The number of alkyl halides is 1. The van der Waals surface area contributed by atoms with Gasteiger partial charge in [0, 0.05) is 32.2 Å². The van der Waals surface area contributed by atoms with Crippen LogP contribution in [-0.2, 0) is 4.79 Å². The first kappa shape index (κ1) is 7.98. The normalized spacial score (nSPS) is 32.1. The van der Waals surface area contributed by atoms with Gasteiger partial charge in [0.25, 0.3) is 0 Å². The molecule has 1 amide bonds.